The van der Waals surface area contributed by atoms with Gasteiger partial charge in [-0.1, -0.05) is 48.6 Å². The Morgan fingerprint density at radius 1 is 0.500 bits per heavy atom. The Balaban J connectivity index is 0.852. The lowest BCUT2D eigenvalue weighted by atomic mass is 9.85. The monoisotopic (exact) mass is 632 g/mol. The minimum atomic E-state index is -0.237. The van der Waals surface area contributed by atoms with E-state index in [1.807, 2.05) is 48.5 Å². The number of fused-ring (bicyclic) bond motifs is 12. The van der Waals surface area contributed by atoms with Gasteiger partial charge in [-0.2, -0.15) is 0 Å². The van der Waals surface area contributed by atoms with E-state index in [1.165, 1.54) is 9.80 Å². The van der Waals surface area contributed by atoms with E-state index in [2.05, 4.69) is 34.3 Å². The molecule has 8 atom stereocenters. The van der Waals surface area contributed by atoms with Crippen LogP contribution in [0.15, 0.2) is 85.0 Å². The molecule has 2 N–H and O–H groups in total. The van der Waals surface area contributed by atoms with Crippen LogP contribution in [-0.4, -0.2) is 43.6 Å². The quantitative estimate of drug-likeness (QED) is 0.202. The number of amides is 4. The van der Waals surface area contributed by atoms with Gasteiger partial charge in [0.15, 0.2) is 0 Å². The molecule has 3 aromatic carbocycles. The third kappa shape index (κ3) is 3.36. The summed E-state index contributed by atoms with van der Waals surface area (Å²) >= 11 is 0. The highest BCUT2D eigenvalue weighted by molar-refractivity contribution is 6.24. The highest BCUT2D eigenvalue weighted by atomic mass is 16.2. The third-order valence-corrected chi connectivity index (χ3v) is 11.8. The molecular formula is C38H28N6O4. The van der Waals surface area contributed by atoms with E-state index in [0.29, 0.717) is 23.0 Å². The molecular weight excluding hydrogens is 604 g/mol. The lowest BCUT2D eigenvalue weighted by molar-refractivity contribution is -0.124. The molecule has 4 heterocycles. The zero-order valence-electron chi connectivity index (χ0n) is 25.5. The largest absolute Gasteiger partial charge is 0.338 e. The summed E-state index contributed by atoms with van der Waals surface area (Å²) in [7, 11) is 0. The molecule has 6 aliphatic rings. The predicted octanol–water partition coefficient (Wildman–Crippen LogP) is 5.40. The van der Waals surface area contributed by atoms with Crippen molar-refractivity contribution in [3.63, 3.8) is 0 Å². The standard InChI is InChI=1S/C38H28N6O4/c45-35-29-19-5-6-20(13-19)30(29)36(46)43(35)23-9-11-25-27(15-23)41-33(39-25)17-1-2-18(4-3-17)34-40-26-12-10-24(16-28(26)42-34)44-37(47)31-21-7-8-22(14-21)32(31)38(44)48/h1-12,15-16,19-22,29-32H,13-14H2,(H,39,41)(H,40,42)/t19-,20-,21-,22-,29-,30+,31-,32+/m0/s1. The summed E-state index contributed by atoms with van der Waals surface area (Å²) in [5.74, 6) is 0.702. The number of nitrogens with one attached hydrogen (secondary N) is 2. The number of benzene rings is 3. The number of anilines is 2. The number of H-pyrrole nitrogens is 2. The van der Waals surface area contributed by atoms with Crippen LogP contribution in [0.5, 0.6) is 0 Å². The molecule has 2 saturated heterocycles. The van der Waals surface area contributed by atoms with Crippen molar-refractivity contribution in [3.05, 3.63) is 85.0 Å². The van der Waals surface area contributed by atoms with E-state index in [0.717, 1.165) is 46.0 Å². The number of aromatic amines is 2. The van der Waals surface area contributed by atoms with Gasteiger partial charge in [0.05, 0.1) is 57.1 Å². The maximum absolute atomic E-state index is 13.3. The molecule has 2 aliphatic heterocycles. The first-order valence-electron chi connectivity index (χ1n) is 16.6. The van der Waals surface area contributed by atoms with Crippen LogP contribution in [0, 0.1) is 47.3 Å². The van der Waals surface area contributed by atoms with Gasteiger partial charge in [0, 0.05) is 11.1 Å². The number of allylic oxidation sites excluding steroid dienone is 4. The molecule has 11 rings (SSSR count). The van der Waals surface area contributed by atoms with Gasteiger partial charge in [-0.3, -0.25) is 19.2 Å². The molecule has 4 fully saturated rings. The number of hydrogen-bond acceptors (Lipinski definition) is 6. The van der Waals surface area contributed by atoms with Gasteiger partial charge in [-0.05, 0) is 72.9 Å². The fraction of sp³-hybridized carbons (Fsp3) is 0.263. The minimum Gasteiger partial charge on any atom is -0.338 e. The van der Waals surface area contributed by atoms with E-state index in [4.69, 9.17) is 9.97 Å². The first kappa shape index (κ1) is 26.4. The average molecular weight is 633 g/mol. The Morgan fingerprint density at radius 3 is 1.21 bits per heavy atom. The van der Waals surface area contributed by atoms with Crippen LogP contribution in [0.3, 0.4) is 0 Å². The molecule has 10 heteroatoms. The van der Waals surface area contributed by atoms with Crippen molar-refractivity contribution in [1.82, 2.24) is 19.9 Å². The topological polar surface area (TPSA) is 132 Å². The van der Waals surface area contributed by atoms with Crippen molar-refractivity contribution in [1.29, 1.82) is 0 Å². The number of nitrogens with zero attached hydrogens (tertiary/aromatic N) is 4. The highest BCUT2D eigenvalue weighted by Crippen LogP contribution is 2.54. The van der Waals surface area contributed by atoms with Gasteiger partial charge >= 0.3 is 0 Å². The number of carbonyl (C=O) groups excluding carboxylic acids is 4. The van der Waals surface area contributed by atoms with Crippen molar-refractivity contribution in [2.24, 2.45) is 47.3 Å². The maximum Gasteiger partial charge on any atom is 0.238 e. The van der Waals surface area contributed by atoms with Crippen molar-refractivity contribution < 1.29 is 19.2 Å². The zero-order chi connectivity index (χ0) is 32.0. The molecule has 5 aromatic rings. The van der Waals surface area contributed by atoms with Crippen LogP contribution in [0.1, 0.15) is 12.8 Å². The summed E-state index contributed by atoms with van der Waals surface area (Å²) in [4.78, 5) is 72.3. The molecule has 4 aliphatic carbocycles. The number of hydrogen-bond donors (Lipinski definition) is 2. The normalized spacial score (nSPS) is 31.1. The summed E-state index contributed by atoms with van der Waals surface area (Å²) < 4.78 is 0. The van der Waals surface area contributed by atoms with Crippen LogP contribution in [0.2, 0.25) is 0 Å². The Morgan fingerprint density at radius 2 is 0.854 bits per heavy atom. The molecule has 234 valence electrons. The Hall–Kier alpha value is -5.64. The molecule has 10 nitrogen and oxygen atoms in total. The molecule has 2 saturated carbocycles. The fourth-order valence-electron chi connectivity index (χ4n) is 9.65. The number of imide groups is 2. The maximum atomic E-state index is 13.3. The molecule has 0 unspecified atom stereocenters. The van der Waals surface area contributed by atoms with E-state index in [1.54, 1.807) is 12.1 Å². The molecule has 4 amide bonds. The van der Waals surface area contributed by atoms with Crippen molar-refractivity contribution >= 4 is 57.1 Å². The Kier molecular flexibility index (Phi) is 4.97. The summed E-state index contributed by atoms with van der Waals surface area (Å²) in [5.41, 5.74) is 5.90. The van der Waals surface area contributed by atoms with Gasteiger partial charge in [-0.15, -0.1) is 0 Å². The fourth-order valence-corrected chi connectivity index (χ4v) is 9.65. The van der Waals surface area contributed by atoms with Gasteiger partial charge in [0.2, 0.25) is 23.6 Å². The van der Waals surface area contributed by atoms with Crippen LogP contribution < -0.4 is 9.80 Å². The molecule has 48 heavy (non-hydrogen) atoms. The average Bonchev–Trinajstić information content (AvgIpc) is 3.95. The lowest BCUT2D eigenvalue weighted by Gasteiger charge is -2.17. The Bertz CT molecular complexity index is 2140. The summed E-state index contributed by atoms with van der Waals surface area (Å²) in [6, 6.07) is 18.8. The molecule has 0 radical (unpaired) electrons. The molecule has 0 spiro atoms. The third-order valence-electron chi connectivity index (χ3n) is 11.8. The summed E-state index contributed by atoms with van der Waals surface area (Å²) in [6.45, 7) is 0. The lowest BCUT2D eigenvalue weighted by Crippen LogP contribution is -2.32. The first-order valence-corrected chi connectivity index (χ1v) is 16.6. The Labute approximate surface area is 273 Å². The molecule has 4 bridgehead atoms. The van der Waals surface area contributed by atoms with Crippen molar-refractivity contribution in [2.45, 2.75) is 12.8 Å². The summed E-state index contributed by atoms with van der Waals surface area (Å²) in [6.07, 6.45) is 10.2. The summed E-state index contributed by atoms with van der Waals surface area (Å²) in [5, 5.41) is 0. The van der Waals surface area contributed by atoms with Gasteiger partial charge < -0.3 is 9.97 Å². The van der Waals surface area contributed by atoms with Crippen LogP contribution in [-0.2, 0) is 19.2 Å². The minimum absolute atomic E-state index is 0.0945. The number of imidazole rings is 2. The highest BCUT2D eigenvalue weighted by Gasteiger charge is 2.60. The number of carbonyl (C=O) groups is 4. The van der Waals surface area contributed by atoms with Gasteiger partial charge in [0.25, 0.3) is 0 Å². The second-order valence-electron chi connectivity index (χ2n) is 14.2. The van der Waals surface area contributed by atoms with E-state index >= 15 is 0 Å². The van der Waals surface area contributed by atoms with E-state index in [-0.39, 0.29) is 71.0 Å². The zero-order valence-corrected chi connectivity index (χ0v) is 25.5. The van der Waals surface area contributed by atoms with E-state index in [9.17, 15) is 19.2 Å². The van der Waals surface area contributed by atoms with Gasteiger partial charge in [-0.25, -0.2) is 19.8 Å². The SMILES string of the molecule is O=C1[C@@H]2[C@H](C(=O)N1c1ccc3nc(-c4ccc(-c5nc6ccc(N7C(=O)[C@@H]8[C@H](C7=O)[C@H]7C=C[C@H]8C7)cc6[nH]5)cc4)[nH]c3c1)[C@H]1C=C[C@H]2C1. The second kappa shape index (κ2) is 9.03. The van der Waals surface area contributed by atoms with Crippen molar-refractivity contribution in [2.75, 3.05) is 9.80 Å². The predicted molar refractivity (Wildman–Crippen MR) is 177 cm³/mol. The van der Waals surface area contributed by atoms with Gasteiger partial charge in [0.1, 0.15) is 11.6 Å². The van der Waals surface area contributed by atoms with E-state index < -0.39 is 0 Å². The van der Waals surface area contributed by atoms with Crippen LogP contribution in [0.25, 0.3) is 44.8 Å². The first-order chi connectivity index (χ1) is 23.4. The number of rotatable bonds is 4. The molecule has 2 aromatic heterocycles. The van der Waals surface area contributed by atoms with Crippen LogP contribution >= 0.6 is 0 Å². The van der Waals surface area contributed by atoms with Crippen LogP contribution in [0.4, 0.5) is 11.4 Å². The second-order valence-corrected chi connectivity index (χ2v) is 14.2. The number of aromatic nitrogens is 4. The van der Waals surface area contributed by atoms with Crippen molar-refractivity contribution in [3.8, 4) is 22.8 Å². The smallest absolute Gasteiger partial charge is 0.238 e.